The molecule has 4 aromatic rings. The Morgan fingerprint density at radius 2 is 1.78 bits per heavy atom. The molecule has 1 N–H and O–H groups in total. The number of benzene rings is 2. The van der Waals surface area contributed by atoms with E-state index in [1.54, 1.807) is 41.2 Å². The van der Waals surface area contributed by atoms with E-state index in [-0.39, 0.29) is 42.2 Å². The molecule has 0 radical (unpaired) electrons. The summed E-state index contributed by atoms with van der Waals surface area (Å²) in [4.78, 5) is 28.9. The maximum atomic E-state index is 13.5. The number of hydrogen-bond donors (Lipinski definition) is 1. The average Bonchev–Trinajstić information content (AvgIpc) is 3.44. The molecule has 5 rings (SSSR count). The van der Waals surface area contributed by atoms with Crippen molar-refractivity contribution in [2.24, 2.45) is 0 Å². The van der Waals surface area contributed by atoms with Crippen molar-refractivity contribution in [3.8, 4) is 17.2 Å². The second kappa shape index (κ2) is 9.61. The summed E-state index contributed by atoms with van der Waals surface area (Å²) < 4.78 is 21.2. The number of hydrogen-bond acceptors (Lipinski definition) is 5. The van der Waals surface area contributed by atoms with Gasteiger partial charge in [-0.1, -0.05) is 32.9 Å². The van der Waals surface area contributed by atoms with Crippen molar-refractivity contribution in [1.29, 1.82) is 0 Å². The van der Waals surface area contributed by atoms with Crippen LogP contribution < -0.4 is 10.1 Å². The monoisotopic (exact) mass is 498 g/mol. The highest BCUT2D eigenvalue weighted by Gasteiger charge is 2.24. The van der Waals surface area contributed by atoms with Gasteiger partial charge in [-0.25, -0.2) is 14.1 Å². The lowest BCUT2D eigenvalue weighted by Gasteiger charge is -2.14. The molecule has 7 nitrogen and oxygen atoms in total. The molecule has 2 aromatic heterocycles. The van der Waals surface area contributed by atoms with Crippen LogP contribution in [0.5, 0.6) is 11.5 Å². The van der Waals surface area contributed by atoms with E-state index >= 15 is 0 Å². The van der Waals surface area contributed by atoms with E-state index in [1.165, 1.54) is 12.1 Å². The summed E-state index contributed by atoms with van der Waals surface area (Å²) >= 11 is 0. The summed E-state index contributed by atoms with van der Waals surface area (Å²) in [6.45, 7) is 6.19. The number of rotatable bonds is 7. The Labute approximate surface area is 214 Å². The molecule has 0 spiro atoms. The highest BCUT2D eigenvalue weighted by atomic mass is 19.1. The average molecular weight is 499 g/mol. The molecule has 1 aliphatic rings. The van der Waals surface area contributed by atoms with E-state index in [0.717, 1.165) is 22.5 Å². The number of pyridine rings is 1. The number of Topliss-reactive ketones (excluding diaryl/α,β-unsaturated/α-hetero) is 1. The number of fused-ring (bicyclic) bond motifs is 1. The summed E-state index contributed by atoms with van der Waals surface area (Å²) in [6.07, 6.45) is 2.27. The molecule has 1 aliphatic heterocycles. The van der Waals surface area contributed by atoms with Crippen LogP contribution in [0.25, 0.3) is 5.69 Å². The molecule has 0 saturated carbocycles. The van der Waals surface area contributed by atoms with Gasteiger partial charge in [0, 0.05) is 30.0 Å². The minimum Gasteiger partial charge on any atom is -0.457 e. The Morgan fingerprint density at radius 3 is 2.49 bits per heavy atom. The first-order chi connectivity index (χ1) is 17.7. The largest absolute Gasteiger partial charge is 0.457 e. The number of ketones is 1. The van der Waals surface area contributed by atoms with Crippen LogP contribution in [-0.4, -0.2) is 26.5 Å². The molecule has 37 heavy (non-hydrogen) atoms. The van der Waals surface area contributed by atoms with E-state index in [2.05, 4.69) is 31.1 Å². The summed E-state index contributed by atoms with van der Waals surface area (Å²) in [7, 11) is 0. The van der Waals surface area contributed by atoms with E-state index < -0.39 is 0 Å². The molecule has 0 saturated heterocycles. The van der Waals surface area contributed by atoms with Gasteiger partial charge in [0.25, 0.3) is 0 Å². The van der Waals surface area contributed by atoms with Crippen molar-refractivity contribution in [2.75, 3.05) is 5.32 Å². The van der Waals surface area contributed by atoms with Gasteiger partial charge in [-0.05, 0) is 54.1 Å². The van der Waals surface area contributed by atoms with Crippen LogP contribution in [0.3, 0.4) is 0 Å². The fourth-order valence-electron chi connectivity index (χ4n) is 4.20. The van der Waals surface area contributed by atoms with Crippen LogP contribution in [0.4, 0.5) is 10.2 Å². The Bertz CT molecular complexity index is 1470. The number of anilines is 1. The predicted molar refractivity (Wildman–Crippen MR) is 138 cm³/mol. The van der Waals surface area contributed by atoms with Gasteiger partial charge in [0.15, 0.2) is 0 Å². The summed E-state index contributed by atoms with van der Waals surface area (Å²) in [5.41, 5.74) is 3.73. The number of amides is 1. The van der Waals surface area contributed by atoms with E-state index in [9.17, 15) is 14.0 Å². The minimum atomic E-state index is -0.324. The summed E-state index contributed by atoms with van der Waals surface area (Å²) in [5.74, 6) is 1.32. The van der Waals surface area contributed by atoms with Gasteiger partial charge < -0.3 is 10.1 Å². The highest BCUT2D eigenvalue weighted by molar-refractivity contribution is 5.98. The quantitative estimate of drug-likeness (QED) is 0.372. The summed E-state index contributed by atoms with van der Waals surface area (Å²) in [5, 5.41) is 7.43. The van der Waals surface area contributed by atoms with Crippen LogP contribution in [0.1, 0.15) is 43.3 Å². The summed E-state index contributed by atoms with van der Waals surface area (Å²) in [6, 6.07) is 17.1. The SMILES string of the molecule is CC(C)(C)c1cc(CC(=O)Cc2ccc(Oc3ccnc4c3CC(=O)N4)cc2)n(-c2ccc(F)cc2)n1. The molecule has 8 heteroatoms. The molecule has 1 amide bonds. The fraction of sp³-hybridized carbons (Fsp3) is 0.241. The first-order valence-electron chi connectivity index (χ1n) is 12.1. The van der Waals surface area contributed by atoms with Crippen molar-refractivity contribution >= 4 is 17.5 Å². The van der Waals surface area contributed by atoms with Gasteiger partial charge in [-0.2, -0.15) is 5.10 Å². The van der Waals surface area contributed by atoms with E-state index in [0.29, 0.717) is 23.0 Å². The van der Waals surface area contributed by atoms with Gasteiger partial charge in [0.05, 0.1) is 23.5 Å². The number of nitrogens with zero attached hydrogens (tertiary/aromatic N) is 3. The lowest BCUT2D eigenvalue weighted by atomic mass is 9.92. The Balaban J connectivity index is 1.29. The number of carbonyl (C=O) groups excluding carboxylic acids is 2. The molecular formula is C29H27FN4O3. The van der Waals surface area contributed by atoms with Crippen LogP contribution in [0, 0.1) is 5.82 Å². The van der Waals surface area contributed by atoms with Crippen molar-refractivity contribution in [1.82, 2.24) is 14.8 Å². The number of aromatic nitrogens is 3. The first-order valence-corrected chi connectivity index (χ1v) is 12.1. The Morgan fingerprint density at radius 1 is 1.05 bits per heavy atom. The number of ether oxygens (including phenoxy) is 1. The topological polar surface area (TPSA) is 86.1 Å². The zero-order valence-corrected chi connectivity index (χ0v) is 20.9. The standard InChI is InChI=1S/C29H27FN4O3/c1-29(2,3)26-16-21(34(33-26)20-8-6-19(30)7-9-20)15-22(35)14-18-4-10-23(11-5-18)37-25-12-13-31-28-24(25)17-27(36)32-28/h4-13,16H,14-15,17H2,1-3H3,(H,31,32,36). The van der Waals surface area contributed by atoms with E-state index in [4.69, 9.17) is 9.84 Å². The maximum absolute atomic E-state index is 13.5. The van der Waals surface area contributed by atoms with Gasteiger partial charge in [0.2, 0.25) is 5.91 Å². The number of nitrogens with one attached hydrogen (secondary N) is 1. The van der Waals surface area contributed by atoms with Crippen molar-refractivity contribution in [2.45, 2.75) is 45.4 Å². The van der Waals surface area contributed by atoms with Crippen LogP contribution in [0.2, 0.25) is 0 Å². The van der Waals surface area contributed by atoms with Crippen LogP contribution >= 0.6 is 0 Å². The maximum Gasteiger partial charge on any atom is 0.230 e. The van der Waals surface area contributed by atoms with Gasteiger partial charge in [0.1, 0.15) is 28.9 Å². The van der Waals surface area contributed by atoms with Crippen LogP contribution in [0.15, 0.2) is 66.9 Å². The third kappa shape index (κ3) is 5.43. The van der Waals surface area contributed by atoms with Crippen molar-refractivity contribution in [3.05, 3.63) is 95.2 Å². The molecule has 0 unspecified atom stereocenters. The molecule has 2 aromatic carbocycles. The molecule has 0 fully saturated rings. The van der Waals surface area contributed by atoms with Gasteiger partial charge >= 0.3 is 0 Å². The minimum absolute atomic E-state index is 0.0360. The first kappa shape index (κ1) is 24.4. The second-order valence-electron chi connectivity index (χ2n) is 10.2. The number of halogens is 1. The second-order valence-corrected chi connectivity index (χ2v) is 10.2. The van der Waals surface area contributed by atoms with E-state index in [1.807, 2.05) is 18.2 Å². The normalized spacial score (nSPS) is 12.8. The molecule has 0 atom stereocenters. The number of carbonyl (C=O) groups is 2. The molecule has 188 valence electrons. The zero-order chi connectivity index (χ0) is 26.2. The highest BCUT2D eigenvalue weighted by Crippen LogP contribution is 2.33. The van der Waals surface area contributed by atoms with Crippen molar-refractivity contribution < 1.29 is 18.7 Å². The lowest BCUT2D eigenvalue weighted by Crippen LogP contribution is -2.13. The Kier molecular flexibility index (Phi) is 6.33. The third-order valence-electron chi connectivity index (χ3n) is 6.16. The van der Waals surface area contributed by atoms with Crippen molar-refractivity contribution in [3.63, 3.8) is 0 Å². The molecule has 0 bridgehead atoms. The lowest BCUT2D eigenvalue weighted by molar-refractivity contribution is -0.118. The van der Waals surface area contributed by atoms with Crippen LogP contribution in [-0.2, 0) is 34.3 Å². The molecule has 3 heterocycles. The smallest absolute Gasteiger partial charge is 0.230 e. The Hall–Kier alpha value is -4.33. The molecular weight excluding hydrogens is 471 g/mol. The molecule has 0 aliphatic carbocycles. The predicted octanol–water partition coefficient (Wildman–Crippen LogP) is 5.35. The third-order valence-corrected chi connectivity index (χ3v) is 6.16. The zero-order valence-electron chi connectivity index (χ0n) is 20.9. The van der Waals surface area contributed by atoms with Gasteiger partial charge in [-0.15, -0.1) is 0 Å². The fourth-order valence-corrected chi connectivity index (χ4v) is 4.20. The van der Waals surface area contributed by atoms with Gasteiger partial charge in [-0.3, -0.25) is 9.59 Å².